The van der Waals surface area contributed by atoms with Crippen LogP contribution in [-0.4, -0.2) is 31.1 Å². The first-order chi connectivity index (χ1) is 11.6. The van der Waals surface area contributed by atoms with Crippen molar-refractivity contribution in [1.82, 2.24) is 0 Å². The van der Waals surface area contributed by atoms with Gasteiger partial charge in [0.15, 0.2) is 6.10 Å². The molecule has 1 N–H and O–H groups in total. The minimum atomic E-state index is -0.882. The van der Waals surface area contributed by atoms with Crippen molar-refractivity contribution in [2.24, 2.45) is 0 Å². The molecule has 0 aliphatic carbocycles. The maximum atomic E-state index is 12.3. The molecule has 0 spiro atoms. The number of hydrogen-bond acceptors (Lipinski definition) is 5. The van der Waals surface area contributed by atoms with Crippen molar-refractivity contribution in [2.75, 3.05) is 12.4 Å². The van der Waals surface area contributed by atoms with Gasteiger partial charge in [0.25, 0.3) is 5.91 Å². The number of cyclic esters (lactones) is 1. The van der Waals surface area contributed by atoms with E-state index in [1.54, 1.807) is 42.5 Å². The van der Waals surface area contributed by atoms with E-state index < -0.39 is 23.9 Å². The Kier molecular flexibility index (Phi) is 4.29. The van der Waals surface area contributed by atoms with Gasteiger partial charge in [-0.1, -0.05) is 18.2 Å². The average molecular weight is 325 g/mol. The lowest BCUT2D eigenvalue weighted by molar-refractivity contribution is -0.125. The Morgan fingerprint density at radius 3 is 2.54 bits per heavy atom. The molecule has 1 aliphatic heterocycles. The summed E-state index contributed by atoms with van der Waals surface area (Å²) in [6, 6.07) is 13.3. The summed E-state index contributed by atoms with van der Waals surface area (Å²) in [7, 11) is 1.30. The van der Waals surface area contributed by atoms with E-state index in [1.165, 1.54) is 7.11 Å². The summed E-state index contributed by atoms with van der Waals surface area (Å²) in [5.74, 6) is -1.37. The van der Waals surface area contributed by atoms with Gasteiger partial charge >= 0.3 is 11.9 Å². The molecule has 2 aromatic rings. The molecule has 0 saturated heterocycles. The smallest absolute Gasteiger partial charge is 0.339 e. The van der Waals surface area contributed by atoms with Crippen LogP contribution in [0.5, 0.6) is 0 Å². The van der Waals surface area contributed by atoms with Gasteiger partial charge in [0.2, 0.25) is 0 Å². The Balaban J connectivity index is 1.70. The zero-order valence-electron chi connectivity index (χ0n) is 12.9. The first kappa shape index (κ1) is 15.7. The van der Waals surface area contributed by atoms with Gasteiger partial charge in [-0.3, -0.25) is 4.79 Å². The Morgan fingerprint density at radius 2 is 1.83 bits per heavy atom. The second-order valence-electron chi connectivity index (χ2n) is 5.31. The summed E-state index contributed by atoms with van der Waals surface area (Å²) in [6.45, 7) is 0. The van der Waals surface area contributed by atoms with Crippen molar-refractivity contribution in [3.8, 4) is 0 Å². The van der Waals surface area contributed by atoms with Crippen molar-refractivity contribution in [1.29, 1.82) is 0 Å². The number of fused-ring (bicyclic) bond motifs is 1. The first-order valence-electron chi connectivity index (χ1n) is 7.36. The van der Waals surface area contributed by atoms with Gasteiger partial charge in [0.1, 0.15) is 0 Å². The van der Waals surface area contributed by atoms with Gasteiger partial charge in [0, 0.05) is 12.1 Å². The van der Waals surface area contributed by atoms with Gasteiger partial charge in [0.05, 0.1) is 18.2 Å². The number of rotatable bonds is 3. The van der Waals surface area contributed by atoms with E-state index >= 15 is 0 Å². The van der Waals surface area contributed by atoms with Crippen molar-refractivity contribution in [2.45, 2.75) is 12.5 Å². The minimum Gasteiger partial charge on any atom is -0.465 e. The number of hydrogen-bond donors (Lipinski definition) is 1. The topological polar surface area (TPSA) is 81.7 Å². The van der Waals surface area contributed by atoms with Crippen LogP contribution in [0.2, 0.25) is 0 Å². The van der Waals surface area contributed by atoms with Crippen molar-refractivity contribution < 1.29 is 23.9 Å². The summed E-state index contributed by atoms with van der Waals surface area (Å²) < 4.78 is 9.81. The fourth-order valence-corrected chi connectivity index (χ4v) is 2.51. The van der Waals surface area contributed by atoms with E-state index in [4.69, 9.17) is 4.74 Å². The lowest BCUT2D eigenvalue weighted by Gasteiger charge is -2.23. The number of nitrogens with one attached hydrogen (secondary N) is 1. The highest BCUT2D eigenvalue weighted by Gasteiger charge is 2.31. The van der Waals surface area contributed by atoms with E-state index in [-0.39, 0.29) is 0 Å². The van der Waals surface area contributed by atoms with Crippen LogP contribution < -0.4 is 5.32 Å². The highest BCUT2D eigenvalue weighted by atomic mass is 16.5. The second-order valence-corrected chi connectivity index (χ2v) is 5.31. The third kappa shape index (κ3) is 3.12. The SMILES string of the molecule is COC(=O)c1ccc(NC(=O)C2Cc3ccccc3C(=O)O2)cc1. The summed E-state index contributed by atoms with van der Waals surface area (Å²) in [6.07, 6.45) is -0.554. The van der Waals surface area contributed by atoms with E-state index in [9.17, 15) is 14.4 Å². The maximum absolute atomic E-state index is 12.3. The molecule has 1 unspecified atom stereocenters. The molecule has 0 bridgehead atoms. The Morgan fingerprint density at radius 1 is 1.12 bits per heavy atom. The number of benzene rings is 2. The monoisotopic (exact) mass is 325 g/mol. The Labute approximate surface area is 138 Å². The normalized spacial score (nSPS) is 15.9. The number of amides is 1. The standard InChI is InChI=1S/C18H15NO5/c1-23-17(21)11-6-8-13(9-7-11)19-16(20)15-10-12-4-2-3-5-14(12)18(22)24-15/h2-9,15H,10H2,1H3,(H,19,20). The summed E-state index contributed by atoms with van der Waals surface area (Å²) in [5, 5.41) is 2.68. The number of methoxy groups -OCH3 is 1. The molecule has 1 amide bonds. The number of carbonyl (C=O) groups is 3. The minimum absolute atomic E-state index is 0.327. The zero-order chi connectivity index (χ0) is 17.1. The fraction of sp³-hybridized carbons (Fsp3) is 0.167. The molecule has 122 valence electrons. The molecular weight excluding hydrogens is 310 g/mol. The number of carbonyl (C=O) groups excluding carboxylic acids is 3. The van der Waals surface area contributed by atoms with Crippen LogP contribution in [0, 0.1) is 0 Å². The van der Waals surface area contributed by atoms with Crippen molar-refractivity contribution >= 4 is 23.5 Å². The molecule has 0 saturated carbocycles. The van der Waals surface area contributed by atoms with Gasteiger partial charge in [-0.05, 0) is 35.9 Å². The first-order valence-corrected chi connectivity index (χ1v) is 7.36. The molecule has 1 heterocycles. The molecular formula is C18H15NO5. The quantitative estimate of drug-likeness (QED) is 0.875. The largest absolute Gasteiger partial charge is 0.465 e. The van der Waals surface area contributed by atoms with E-state index in [0.29, 0.717) is 23.2 Å². The fourth-order valence-electron chi connectivity index (χ4n) is 2.51. The van der Waals surface area contributed by atoms with E-state index in [0.717, 1.165) is 5.56 Å². The number of esters is 2. The lowest BCUT2D eigenvalue weighted by Crippen LogP contribution is -2.37. The van der Waals surface area contributed by atoms with Gasteiger partial charge in [-0.2, -0.15) is 0 Å². The van der Waals surface area contributed by atoms with Crippen molar-refractivity contribution in [3.05, 3.63) is 65.2 Å². The molecule has 6 heteroatoms. The molecule has 0 radical (unpaired) electrons. The maximum Gasteiger partial charge on any atom is 0.339 e. The van der Waals surface area contributed by atoms with Crippen LogP contribution in [0.25, 0.3) is 0 Å². The Bertz CT molecular complexity index is 797. The van der Waals surface area contributed by atoms with Crippen LogP contribution in [-0.2, 0) is 20.7 Å². The zero-order valence-corrected chi connectivity index (χ0v) is 12.9. The molecule has 3 rings (SSSR count). The van der Waals surface area contributed by atoms with Gasteiger partial charge < -0.3 is 14.8 Å². The highest BCUT2D eigenvalue weighted by Crippen LogP contribution is 2.21. The predicted octanol–water partition coefficient (Wildman–Crippen LogP) is 2.19. The lowest BCUT2D eigenvalue weighted by atomic mass is 9.98. The van der Waals surface area contributed by atoms with E-state index in [1.807, 2.05) is 6.07 Å². The molecule has 0 fully saturated rings. The van der Waals surface area contributed by atoms with Crippen LogP contribution in [0.3, 0.4) is 0 Å². The van der Waals surface area contributed by atoms with Crippen LogP contribution in [0.1, 0.15) is 26.3 Å². The summed E-state index contributed by atoms with van der Waals surface area (Å²) in [4.78, 5) is 35.6. The molecule has 2 aromatic carbocycles. The van der Waals surface area contributed by atoms with E-state index in [2.05, 4.69) is 10.1 Å². The molecule has 24 heavy (non-hydrogen) atoms. The third-order valence-electron chi connectivity index (χ3n) is 3.76. The Hall–Kier alpha value is -3.15. The van der Waals surface area contributed by atoms with Crippen LogP contribution >= 0.6 is 0 Å². The molecule has 1 atom stereocenters. The third-order valence-corrected chi connectivity index (χ3v) is 3.76. The molecule has 1 aliphatic rings. The summed E-state index contributed by atoms with van der Waals surface area (Å²) >= 11 is 0. The number of ether oxygens (including phenoxy) is 2. The molecule has 6 nitrogen and oxygen atoms in total. The second kappa shape index (κ2) is 6.54. The van der Waals surface area contributed by atoms with Crippen molar-refractivity contribution in [3.63, 3.8) is 0 Å². The highest BCUT2D eigenvalue weighted by molar-refractivity contribution is 6.00. The predicted molar refractivity (Wildman–Crippen MR) is 85.8 cm³/mol. The van der Waals surface area contributed by atoms with Crippen LogP contribution in [0.4, 0.5) is 5.69 Å². The summed E-state index contributed by atoms with van der Waals surface area (Å²) in [5.41, 5.74) is 2.16. The van der Waals surface area contributed by atoms with Crippen LogP contribution in [0.15, 0.2) is 48.5 Å². The van der Waals surface area contributed by atoms with Gasteiger partial charge in [-0.15, -0.1) is 0 Å². The molecule has 0 aromatic heterocycles. The average Bonchev–Trinajstić information content (AvgIpc) is 2.61. The number of anilines is 1. The van der Waals surface area contributed by atoms with Gasteiger partial charge in [-0.25, -0.2) is 9.59 Å².